The van der Waals surface area contributed by atoms with E-state index in [2.05, 4.69) is 31.2 Å². The highest BCUT2D eigenvalue weighted by atomic mass is 16.3. The van der Waals surface area contributed by atoms with E-state index in [-0.39, 0.29) is 0 Å². The molecule has 1 aliphatic rings. The highest BCUT2D eigenvalue weighted by Crippen LogP contribution is 2.30. The molecule has 3 heteroatoms. The van der Waals surface area contributed by atoms with Crippen molar-refractivity contribution >= 4 is 5.69 Å². The van der Waals surface area contributed by atoms with Crippen molar-refractivity contribution < 1.29 is 5.11 Å². The number of nitrogens with one attached hydrogen (secondary N) is 1. The molecule has 3 nitrogen and oxygen atoms in total. The summed E-state index contributed by atoms with van der Waals surface area (Å²) in [6, 6.07) is 8.11. The van der Waals surface area contributed by atoms with Crippen LogP contribution in [-0.2, 0) is 0 Å². The Kier molecular flexibility index (Phi) is 4.70. The van der Waals surface area contributed by atoms with Crippen LogP contribution in [-0.4, -0.2) is 31.8 Å². The smallest absolute Gasteiger partial charge is 0.115 e. The topological polar surface area (TPSA) is 35.5 Å². The van der Waals surface area contributed by atoms with E-state index < -0.39 is 0 Å². The van der Waals surface area contributed by atoms with E-state index in [0.29, 0.717) is 17.7 Å². The number of hydrogen-bond acceptors (Lipinski definition) is 3. The van der Waals surface area contributed by atoms with Gasteiger partial charge in [0.2, 0.25) is 0 Å². The lowest BCUT2D eigenvalue weighted by molar-refractivity contribution is 0.225. The van der Waals surface area contributed by atoms with E-state index in [4.69, 9.17) is 0 Å². The van der Waals surface area contributed by atoms with Crippen molar-refractivity contribution in [2.24, 2.45) is 11.8 Å². The lowest BCUT2D eigenvalue weighted by Gasteiger charge is -2.37. The SMILES string of the molecule is CNC1CCC(C)CC1CN(C)c1ccc(O)cc1. The molecule has 0 spiro atoms. The summed E-state index contributed by atoms with van der Waals surface area (Å²) < 4.78 is 0. The molecule has 0 radical (unpaired) electrons. The van der Waals surface area contributed by atoms with E-state index in [1.54, 1.807) is 12.1 Å². The van der Waals surface area contributed by atoms with Gasteiger partial charge in [-0.15, -0.1) is 0 Å². The molecule has 0 aliphatic heterocycles. The van der Waals surface area contributed by atoms with Crippen LogP contribution in [0.25, 0.3) is 0 Å². The normalized spacial score (nSPS) is 27.2. The molecular formula is C16H26N2O. The Hall–Kier alpha value is -1.22. The molecule has 0 bridgehead atoms. The number of anilines is 1. The van der Waals surface area contributed by atoms with E-state index in [9.17, 15) is 5.11 Å². The predicted molar refractivity (Wildman–Crippen MR) is 80.7 cm³/mol. The van der Waals surface area contributed by atoms with Crippen LogP contribution in [0.5, 0.6) is 5.75 Å². The average molecular weight is 262 g/mol. The molecule has 0 heterocycles. The molecule has 1 aromatic carbocycles. The molecule has 1 aromatic rings. The first-order chi connectivity index (χ1) is 9.10. The summed E-state index contributed by atoms with van der Waals surface area (Å²) in [5.41, 5.74) is 1.17. The lowest BCUT2D eigenvalue weighted by atomic mass is 9.78. The maximum atomic E-state index is 9.35. The maximum Gasteiger partial charge on any atom is 0.115 e. The second kappa shape index (κ2) is 6.29. The number of nitrogens with zero attached hydrogens (tertiary/aromatic N) is 1. The maximum absolute atomic E-state index is 9.35. The molecule has 2 N–H and O–H groups in total. The molecule has 3 unspecified atom stereocenters. The van der Waals surface area contributed by atoms with Crippen molar-refractivity contribution in [2.45, 2.75) is 32.2 Å². The summed E-state index contributed by atoms with van der Waals surface area (Å²) in [5, 5.41) is 12.8. The quantitative estimate of drug-likeness (QED) is 0.876. The van der Waals surface area contributed by atoms with Gasteiger partial charge >= 0.3 is 0 Å². The lowest BCUT2D eigenvalue weighted by Crippen LogP contribution is -2.43. The summed E-state index contributed by atoms with van der Waals surface area (Å²) >= 11 is 0. The highest BCUT2D eigenvalue weighted by Gasteiger charge is 2.28. The van der Waals surface area contributed by atoms with Crippen LogP contribution in [0.4, 0.5) is 5.69 Å². The summed E-state index contributed by atoms with van der Waals surface area (Å²) in [6.45, 7) is 3.43. The Labute approximate surface area is 116 Å². The van der Waals surface area contributed by atoms with E-state index in [0.717, 1.165) is 12.5 Å². The zero-order valence-electron chi connectivity index (χ0n) is 12.3. The van der Waals surface area contributed by atoms with E-state index in [1.165, 1.54) is 24.9 Å². The van der Waals surface area contributed by atoms with Crippen LogP contribution in [0, 0.1) is 11.8 Å². The first-order valence-corrected chi connectivity index (χ1v) is 7.27. The Morgan fingerprint density at radius 2 is 1.95 bits per heavy atom. The third-order valence-electron chi connectivity index (χ3n) is 4.41. The largest absolute Gasteiger partial charge is 0.508 e. The van der Waals surface area contributed by atoms with Crippen molar-refractivity contribution in [1.29, 1.82) is 0 Å². The first kappa shape index (κ1) is 14.2. The Bertz CT molecular complexity index is 390. The van der Waals surface area contributed by atoms with Gasteiger partial charge in [-0.1, -0.05) is 6.92 Å². The summed E-state index contributed by atoms with van der Waals surface area (Å²) in [4.78, 5) is 2.30. The summed E-state index contributed by atoms with van der Waals surface area (Å²) in [6.07, 6.45) is 3.92. The fourth-order valence-corrected chi connectivity index (χ4v) is 3.24. The summed E-state index contributed by atoms with van der Waals surface area (Å²) in [7, 11) is 4.21. The molecule has 1 saturated carbocycles. The van der Waals surface area contributed by atoms with Crippen LogP contribution in [0.2, 0.25) is 0 Å². The van der Waals surface area contributed by atoms with Crippen LogP contribution in [0.1, 0.15) is 26.2 Å². The second-order valence-electron chi connectivity index (χ2n) is 5.97. The van der Waals surface area contributed by atoms with E-state index >= 15 is 0 Å². The minimum Gasteiger partial charge on any atom is -0.508 e. The van der Waals surface area contributed by atoms with Crippen LogP contribution in [0.15, 0.2) is 24.3 Å². The highest BCUT2D eigenvalue weighted by molar-refractivity contribution is 5.48. The third kappa shape index (κ3) is 3.63. The predicted octanol–water partition coefficient (Wildman–Crippen LogP) is 2.85. The molecule has 1 aliphatic carbocycles. The number of phenols is 1. The van der Waals surface area contributed by atoms with Crippen molar-refractivity contribution in [3.05, 3.63) is 24.3 Å². The molecular weight excluding hydrogens is 236 g/mol. The molecule has 106 valence electrons. The molecule has 19 heavy (non-hydrogen) atoms. The van der Waals surface area contributed by atoms with Gasteiger partial charge in [0.15, 0.2) is 0 Å². The van der Waals surface area contributed by atoms with Crippen molar-refractivity contribution in [3.63, 3.8) is 0 Å². The van der Waals surface area contributed by atoms with Gasteiger partial charge < -0.3 is 15.3 Å². The van der Waals surface area contributed by atoms with Gasteiger partial charge in [0.1, 0.15) is 5.75 Å². The van der Waals surface area contributed by atoms with Gasteiger partial charge in [-0.3, -0.25) is 0 Å². The van der Waals surface area contributed by atoms with Crippen molar-refractivity contribution in [2.75, 3.05) is 25.5 Å². The van der Waals surface area contributed by atoms with Crippen LogP contribution >= 0.6 is 0 Å². The number of hydrogen-bond donors (Lipinski definition) is 2. The second-order valence-corrected chi connectivity index (χ2v) is 5.97. The molecule has 0 saturated heterocycles. The van der Waals surface area contributed by atoms with Gasteiger partial charge in [0.25, 0.3) is 0 Å². The molecule has 2 rings (SSSR count). The minimum absolute atomic E-state index is 0.330. The van der Waals surface area contributed by atoms with Gasteiger partial charge in [-0.25, -0.2) is 0 Å². The van der Waals surface area contributed by atoms with Gasteiger partial charge in [0, 0.05) is 25.3 Å². The monoisotopic (exact) mass is 262 g/mol. The fourth-order valence-electron chi connectivity index (χ4n) is 3.24. The number of benzene rings is 1. The zero-order valence-corrected chi connectivity index (χ0v) is 12.3. The average Bonchev–Trinajstić information content (AvgIpc) is 2.39. The molecule has 0 amide bonds. The number of aromatic hydroxyl groups is 1. The molecule has 3 atom stereocenters. The minimum atomic E-state index is 0.330. The Balaban J connectivity index is 1.99. The fraction of sp³-hybridized carbons (Fsp3) is 0.625. The van der Waals surface area contributed by atoms with Crippen LogP contribution < -0.4 is 10.2 Å². The Morgan fingerprint density at radius 1 is 1.26 bits per heavy atom. The first-order valence-electron chi connectivity index (χ1n) is 7.27. The number of phenolic OH excluding ortho intramolecular Hbond substituents is 1. The van der Waals surface area contributed by atoms with Gasteiger partial charge in [0.05, 0.1) is 0 Å². The zero-order chi connectivity index (χ0) is 13.8. The van der Waals surface area contributed by atoms with Gasteiger partial charge in [-0.2, -0.15) is 0 Å². The molecule has 0 aromatic heterocycles. The van der Waals surface area contributed by atoms with Crippen molar-refractivity contribution in [1.82, 2.24) is 5.32 Å². The third-order valence-corrected chi connectivity index (χ3v) is 4.41. The molecule has 1 fully saturated rings. The standard InChI is InChI=1S/C16H26N2O/c1-12-4-9-16(17-2)13(10-12)11-18(3)14-5-7-15(19)8-6-14/h5-8,12-13,16-17,19H,4,9-11H2,1-3H3. The van der Waals surface area contributed by atoms with Gasteiger partial charge in [-0.05, 0) is 62.4 Å². The van der Waals surface area contributed by atoms with Crippen LogP contribution in [0.3, 0.4) is 0 Å². The Morgan fingerprint density at radius 3 is 2.58 bits per heavy atom. The summed E-state index contributed by atoms with van der Waals surface area (Å²) in [5.74, 6) is 1.87. The van der Waals surface area contributed by atoms with E-state index in [1.807, 2.05) is 12.1 Å². The number of rotatable bonds is 4. The van der Waals surface area contributed by atoms with Crippen molar-refractivity contribution in [3.8, 4) is 5.75 Å².